The molecule has 32 heavy (non-hydrogen) atoms. The number of hydrogen-bond donors (Lipinski definition) is 1. The second-order valence-corrected chi connectivity index (χ2v) is 9.65. The van der Waals surface area contributed by atoms with E-state index in [4.69, 9.17) is 4.52 Å². The summed E-state index contributed by atoms with van der Waals surface area (Å²) in [4.78, 5) is 16.8. The van der Waals surface area contributed by atoms with Gasteiger partial charge in [-0.2, -0.15) is 0 Å². The van der Waals surface area contributed by atoms with E-state index in [0.717, 1.165) is 37.2 Å². The van der Waals surface area contributed by atoms with E-state index in [-0.39, 0.29) is 16.5 Å². The zero-order chi connectivity index (χ0) is 22.9. The fourth-order valence-corrected chi connectivity index (χ4v) is 5.22. The van der Waals surface area contributed by atoms with Crippen molar-refractivity contribution in [3.05, 3.63) is 47.7 Å². The van der Waals surface area contributed by atoms with Crippen LogP contribution in [0.2, 0.25) is 0 Å². The third-order valence-corrected chi connectivity index (χ3v) is 7.29. The van der Waals surface area contributed by atoms with Crippen LogP contribution in [-0.2, 0) is 10.0 Å². The lowest BCUT2D eigenvalue weighted by atomic mass is 10.1. The van der Waals surface area contributed by atoms with E-state index in [9.17, 15) is 13.2 Å². The van der Waals surface area contributed by atoms with Crippen molar-refractivity contribution in [2.24, 2.45) is 0 Å². The number of hydrogen-bond acceptors (Lipinski definition) is 6. The standard InChI is InChI=1S/C23H28N4O4S/c1-4-26(5-2)17-8-10-20(16(3)14-17)25-32(29,30)18-9-11-21-19(15-18)22(24-31-21)23(28)27-12-6-7-13-27/h8-11,14-15,25H,4-7,12-13H2,1-3H3. The molecule has 1 saturated heterocycles. The van der Waals surface area contributed by atoms with Crippen LogP contribution in [0.3, 0.4) is 0 Å². The number of anilines is 2. The zero-order valence-electron chi connectivity index (χ0n) is 18.6. The van der Waals surface area contributed by atoms with E-state index in [0.29, 0.717) is 29.7 Å². The van der Waals surface area contributed by atoms with Crippen molar-refractivity contribution in [3.63, 3.8) is 0 Å². The van der Waals surface area contributed by atoms with Crippen LogP contribution in [0.25, 0.3) is 11.0 Å². The molecule has 2 aromatic carbocycles. The monoisotopic (exact) mass is 456 g/mol. The molecule has 1 N–H and O–H groups in total. The zero-order valence-corrected chi connectivity index (χ0v) is 19.4. The molecular formula is C23H28N4O4S. The van der Waals surface area contributed by atoms with Crippen molar-refractivity contribution in [3.8, 4) is 0 Å². The number of nitrogens with one attached hydrogen (secondary N) is 1. The van der Waals surface area contributed by atoms with Crippen LogP contribution >= 0.6 is 0 Å². The van der Waals surface area contributed by atoms with Crippen LogP contribution in [-0.4, -0.2) is 50.6 Å². The molecule has 170 valence electrons. The number of rotatable bonds is 7. The van der Waals surface area contributed by atoms with Crippen LogP contribution in [0.5, 0.6) is 0 Å². The molecule has 0 atom stereocenters. The van der Waals surface area contributed by atoms with Gasteiger partial charge in [0.25, 0.3) is 15.9 Å². The second-order valence-electron chi connectivity index (χ2n) is 7.97. The number of nitrogens with zero attached hydrogens (tertiary/aromatic N) is 3. The number of carbonyl (C=O) groups excluding carboxylic acids is 1. The van der Waals surface area contributed by atoms with Gasteiger partial charge in [0, 0.05) is 31.9 Å². The Bertz CT molecular complexity index is 1240. The lowest BCUT2D eigenvalue weighted by Gasteiger charge is -2.22. The number of aryl methyl sites for hydroxylation is 1. The Morgan fingerprint density at radius 1 is 1.12 bits per heavy atom. The SMILES string of the molecule is CCN(CC)c1ccc(NS(=O)(=O)c2ccc3onc(C(=O)N4CCCC4)c3c2)c(C)c1. The fraction of sp³-hybridized carbons (Fsp3) is 0.391. The van der Waals surface area contributed by atoms with Crippen LogP contribution in [0.15, 0.2) is 45.8 Å². The summed E-state index contributed by atoms with van der Waals surface area (Å²) in [6, 6.07) is 10.1. The molecule has 1 aromatic heterocycles. The summed E-state index contributed by atoms with van der Waals surface area (Å²) in [6.07, 6.45) is 1.91. The highest BCUT2D eigenvalue weighted by Gasteiger charge is 2.26. The van der Waals surface area contributed by atoms with Gasteiger partial charge in [-0.3, -0.25) is 9.52 Å². The molecule has 0 aliphatic carbocycles. The average Bonchev–Trinajstić information content (AvgIpc) is 3.45. The molecule has 1 fully saturated rings. The Labute approximate surface area is 188 Å². The topological polar surface area (TPSA) is 95.7 Å². The van der Waals surface area contributed by atoms with E-state index in [1.165, 1.54) is 18.2 Å². The fourth-order valence-electron chi connectivity index (χ4n) is 4.06. The second kappa shape index (κ2) is 8.82. The number of amides is 1. The molecule has 1 amide bonds. The predicted octanol–water partition coefficient (Wildman–Crippen LogP) is 4.02. The third kappa shape index (κ3) is 4.17. The minimum atomic E-state index is -3.87. The Balaban J connectivity index is 1.63. The van der Waals surface area contributed by atoms with Gasteiger partial charge in [-0.05, 0) is 75.6 Å². The quantitative estimate of drug-likeness (QED) is 0.577. The molecule has 0 spiro atoms. The summed E-state index contributed by atoms with van der Waals surface area (Å²) in [6.45, 7) is 9.14. The molecular weight excluding hydrogens is 428 g/mol. The summed E-state index contributed by atoms with van der Waals surface area (Å²) in [5.41, 5.74) is 2.92. The largest absolute Gasteiger partial charge is 0.372 e. The van der Waals surface area contributed by atoms with E-state index in [1.807, 2.05) is 19.1 Å². The van der Waals surface area contributed by atoms with Gasteiger partial charge in [0.1, 0.15) is 0 Å². The average molecular weight is 457 g/mol. The number of fused-ring (bicyclic) bond motifs is 1. The summed E-state index contributed by atoms with van der Waals surface area (Å²) in [5.74, 6) is -0.230. The summed E-state index contributed by atoms with van der Waals surface area (Å²) in [5, 5.41) is 4.32. The molecule has 0 radical (unpaired) electrons. The molecule has 3 aromatic rings. The van der Waals surface area contributed by atoms with Crippen LogP contribution in [0, 0.1) is 6.92 Å². The van der Waals surface area contributed by atoms with Gasteiger partial charge in [0.2, 0.25) is 0 Å². The van der Waals surface area contributed by atoms with Crippen LogP contribution in [0.4, 0.5) is 11.4 Å². The van der Waals surface area contributed by atoms with E-state index < -0.39 is 10.0 Å². The van der Waals surface area contributed by atoms with Gasteiger partial charge < -0.3 is 14.3 Å². The highest BCUT2D eigenvalue weighted by atomic mass is 32.2. The minimum Gasteiger partial charge on any atom is -0.372 e. The highest BCUT2D eigenvalue weighted by molar-refractivity contribution is 7.92. The maximum absolute atomic E-state index is 13.1. The minimum absolute atomic E-state index is 0.0518. The number of sulfonamides is 1. The van der Waals surface area contributed by atoms with Gasteiger partial charge in [-0.1, -0.05) is 5.16 Å². The van der Waals surface area contributed by atoms with Gasteiger partial charge in [-0.25, -0.2) is 8.42 Å². The molecule has 1 aliphatic rings. The first-order valence-electron chi connectivity index (χ1n) is 10.9. The molecule has 0 saturated carbocycles. The van der Waals surface area contributed by atoms with Crippen LogP contribution in [0.1, 0.15) is 42.7 Å². The van der Waals surface area contributed by atoms with Crippen molar-refractivity contribution < 1.29 is 17.7 Å². The van der Waals surface area contributed by atoms with Gasteiger partial charge in [0.05, 0.1) is 16.0 Å². The first-order valence-corrected chi connectivity index (χ1v) is 12.4. The molecule has 0 bridgehead atoms. The number of aromatic nitrogens is 1. The lowest BCUT2D eigenvalue weighted by Crippen LogP contribution is -2.28. The van der Waals surface area contributed by atoms with E-state index in [2.05, 4.69) is 28.6 Å². The van der Waals surface area contributed by atoms with Gasteiger partial charge in [0.15, 0.2) is 11.3 Å². The predicted molar refractivity (Wildman–Crippen MR) is 125 cm³/mol. The molecule has 0 unspecified atom stereocenters. The Morgan fingerprint density at radius 3 is 2.50 bits per heavy atom. The first kappa shape index (κ1) is 22.1. The van der Waals surface area contributed by atoms with Gasteiger partial charge in [-0.15, -0.1) is 0 Å². The molecule has 4 rings (SSSR count). The Morgan fingerprint density at radius 2 is 1.84 bits per heavy atom. The maximum atomic E-state index is 13.1. The Kier molecular flexibility index (Phi) is 6.10. The summed E-state index contributed by atoms with van der Waals surface area (Å²) in [7, 11) is -3.87. The highest BCUT2D eigenvalue weighted by Crippen LogP contribution is 2.28. The van der Waals surface area contributed by atoms with Gasteiger partial charge >= 0.3 is 0 Å². The van der Waals surface area contributed by atoms with E-state index in [1.54, 1.807) is 11.0 Å². The molecule has 1 aliphatic heterocycles. The number of carbonyl (C=O) groups is 1. The van der Waals surface area contributed by atoms with E-state index >= 15 is 0 Å². The van der Waals surface area contributed by atoms with Crippen molar-refractivity contribution in [1.82, 2.24) is 10.1 Å². The smallest absolute Gasteiger partial charge is 0.276 e. The molecule has 8 nitrogen and oxygen atoms in total. The van der Waals surface area contributed by atoms with Crippen molar-refractivity contribution in [2.75, 3.05) is 35.8 Å². The lowest BCUT2D eigenvalue weighted by molar-refractivity contribution is 0.0784. The molecule has 2 heterocycles. The number of benzene rings is 2. The summed E-state index contributed by atoms with van der Waals surface area (Å²) >= 11 is 0. The third-order valence-electron chi connectivity index (χ3n) is 5.93. The van der Waals surface area contributed by atoms with Crippen LogP contribution < -0.4 is 9.62 Å². The molecule has 9 heteroatoms. The maximum Gasteiger partial charge on any atom is 0.276 e. The van der Waals surface area contributed by atoms with Crippen molar-refractivity contribution in [2.45, 2.75) is 38.5 Å². The number of likely N-dealkylation sites (tertiary alicyclic amines) is 1. The first-order chi connectivity index (χ1) is 15.3. The summed E-state index contributed by atoms with van der Waals surface area (Å²) < 4.78 is 34.2. The Hall–Kier alpha value is -3.07. The van der Waals surface area contributed by atoms with Crippen molar-refractivity contribution in [1.29, 1.82) is 0 Å². The normalized spacial score (nSPS) is 14.2. The van der Waals surface area contributed by atoms with Crippen molar-refractivity contribution >= 4 is 38.3 Å².